The van der Waals surface area contributed by atoms with Gasteiger partial charge in [0, 0.05) is 31.9 Å². The second-order valence-electron chi connectivity index (χ2n) is 3.67. The van der Waals surface area contributed by atoms with E-state index in [0.29, 0.717) is 26.2 Å². The zero-order valence-electron chi connectivity index (χ0n) is 9.84. The summed E-state index contributed by atoms with van der Waals surface area (Å²) in [6, 6.07) is 0. The van der Waals surface area contributed by atoms with E-state index < -0.39 is 0 Å². The molecule has 4 nitrogen and oxygen atoms in total. The van der Waals surface area contributed by atoms with Crippen LogP contribution in [0.3, 0.4) is 0 Å². The highest BCUT2D eigenvalue weighted by Gasteiger charge is 2.09. The fourth-order valence-electron chi connectivity index (χ4n) is 1.02. The molecule has 0 aliphatic rings. The van der Waals surface area contributed by atoms with E-state index in [2.05, 4.69) is 5.32 Å². The van der Waals surface area contributed by atoms with Crippen LogP contribution in [0.5, 0.6) is 0 Å². The molecular formula is C11H21NO3. The van der Waals surface area contributed by atoms with E-state index in [0.717, 1.165) is 0 Å². The van der Waals surface area contributed by atoms with Crippen LogP contribution in [-0.4, -0.2) is 31.4 Å². The van der Waals surface area contributed by atoms with Crippen LogP contribution < -0.4 is 5.32 Å². The van der Waals surface area contributed by atoms with Crippen molar-refractivity contribution >= 4 is 11.7 Å². The summed E-state index contributed by atoms with van der Waals surface area (Å²) in [5, 5.41) is 2.70. The molecule has 4 heteroatoms. The molecule has 0 aliphatic carbocycles. The van der Waals surface area contributed by atoms with Gasteiger partial charge >= 0.3 is 0 Å². The number of nitrogens with one attached hydrogen (secondary N) is 1. The minimum Gasteiger partial charge on any atom is -0.380 e. The van der Waals surface area contributed by atoms with Crippen molar-refractivity contribution in [3.05, 3.63) is 0 Å². The minimum atomic E-state index is -0.0799. The van der Waals surface area contributed by atoms with E-state index in [4.69, 9.17) is 4.74 Å². The molecule has 0 fully saturated rings. The van der Waals surface area contributed by atoms with E-state index >= 15 is 0 Å². The molecule has 0 aromatic heterocycles. The maximum absolute atomic E-state index is 11.2. The molecule has 0 radical (unpaired) electrons. The van der Waals surface area contributed by atoms with Gasteiger partial charge in [-0.1, -0.05) is 13.8 Å². The van der Waals surface area contributed by atoms with Crippen molar-refractivity contribution in [2.24, 2.45) is 5.92 Å². The lowest BCUT2D eigenvalue weighted by molar-refractivity contribution is -0.126. The second-order valence-corrected chi connectivity index (χ2v) is 3.67. The topological polar surface area (TPSA) is 55.4 Å². The third-order valence-electron chi connectivity index (χ3n) is 2.02. The summed E-state index contributed by atoms with van der Waals surface area (Å²) in [4.78, 5) is 22.4. The molecule has 15 heavy (non-hydrogen) atoms. The average molecular weight is 215 g/mol. The van der Waals surface area contributed by atoms with Gasteiger partial charge in [0.2, 0.25) is 5.91 Å². The molecule has 0 aliphatic heterocycles. The Bertz CT molecular complexity index is 202. The summed E-state index contributed by atoms with van der Waals surface area (Å²) >= 11 is 0. The summed E-state index contributed by atoms with van der Waals surface area (Å²) in [6.45, 7) is 7.29. The standard InChI is InChI=1S/C11H21NO3/c1-4-15-8-7-12-11(14)6-5-10(13)9(2)3/h9H,4-8H2,1-3H3,(H,12,14). The first kappa shape index (κ1) is 14.1. The Kier molecular flexibility index (Phi) is 7.91. The zero-order chi connectivity index (χ0) is 11.7. The molecule has 1 amide bonds. The Balaban J connectivity index is 3.45. The second kappa shape index (κ2) is 8.41. The van der Waals surface area contributed by atoms with Gasteiger partial charge in [-0.25, -0.2) is 0 Å². The highest BCUT2D eigenvalue weighted by atomic mass is 16.5. The highest BCUT2D eigenvalue weighted by molar-refractivity contribution is 5.85. The number of carbonyl (C=O) groups excluding carboxylic acids is 2. The van der Waals surface area contributed by atoms with Gasteiger partial charge in [-0.15, -0.1) is 0 Å². The van der Waals surface area contributed by atoms with Crippen molar-refractivity contribution in [2.45, 2.75) is 33.6 Å². The summed E-state index contributed by atoms with van der Waals surface area (Å²) in [5.74, 6) is 0.0693. The number of rotatable bonds is 8. The predicted octanol–water partition coefficient (Wildman–Crippen LogP) is 1.14. The lowest BCUT2D eigenvalue weighted by Crippen LogP contribution is -2.27. The van der Waals surface area contributed by atoms with Crippen LogP contribution in [0, 0.1) is 5.92 Å². The summed E-state index contributed by atoms with van der Waals surface area (Å²) in [7, 11) is 0. The molecule has 0 bridgehead atoms. The number of carbonyl (C=O) groups is 2. The van der Waals surface area contributed by atoms with Gasteiger partial charge in [0.05, 0.1) is 6.61 Å². The number of amides is 1. The first-order chi connectivity index (χ1) is 7.07. The smallest absolute Gasteiger partial charge is 0.220 e. The van der Waals surface area contributed by atoms with Crippen LogP contribution in [-0.2, 0) is 14.3 Å². The highest BCUT2D eigenvalue weighted by Crippen LogP contribution is 2.01. The fraction of sp³-hybridized carbons (Fsp3) is 0.818. The minimum absolute atomic E-state index is 0.0150. The maximum atomic E-state index is 11.2. The Morgan fingerprint density at radius 3 is 2.47 bits per heavy atom. The molecule has 88 valence electrons. The molecule has 0 saturated carbocycles. The molecule has 0 heterocycles. The molecular weight excluding hydrogens is 194 g/mol. The van der Waals surface area contributed by atoms with Crippen LogP contribution in [0.25, 0.3) is 0 Å². The fourth-order valence-corrected chi connectivity index (χ4v) is 1.02. The van der Waals surface area contributed by atoms with Crippen molar-refractivity contribution < 1.29 is 14.3 Å². The van der Waals surface area contributed by atoms with E-state index in [1.165, 1.54) is 0 Å². The molecule has 0 aromatic rings. The van der Waals surface area contributed by atoms with E-state index in [1.54, 1.807) is 0 Å². The van der Waals surface area contributed by atoms with Crippen LogP contribution in [0.1, 0.15) is 33.6 Å². The van der Waals surface area contributed by atoms with Gasteiger partial charge in [-0.05, 0) is 6.92 Å². The quantitative estimate of drug-likeness (QED) is 0.618. The first-order valence-electron chi connectivity index (χ1n) is 5.45. The Labute approximate surface area is 91.4 Å². The third-order valence-corrected chi connectivity index (χ3v) is 2.02. The van der Waals surface area contributed by atoms with Crippen molar-refractivity contribution in [2.75, 3.05) is 19.8 Å². The Morgan fingerprint density at radius 1 is 1.27 bits per heavy atom. The SMILES string of the molecule is CCOCCNC(=O)CCC(=O)C(C)C. The molecule has 0 spiro atoms. The lowest BCUT2D eigenvalue weighted by atomic mass is 10.0. The number of hydrogen-bond donors (Lipinski definition) is 1. The van der Waals surface area contributed by atoms with Crippen LogP contribution in [0.15, 0.2) is 0 Å². The third kappa shape index (κ3) is 8.12. The number of ketones is 1. The van der Waals surface area contributed by atoms with Gasteiger partial charge < -0.3 is 10.1 Å². The van der Waals surface area contributed by atoms with Crippen molar-refractivity contribution in [3.8, 4) is 0 Å². The summed E-state index contributed by atoms with van der Waals surface area (Å²) in [5.41, 5.74) is 0. The molecule has 0 unspecified atom stereocenters. The zero-order valence-corrected chi connectivity index (χ0v) is 9.84. The van der Waals surface area contributed by atoms with Gasteiger partial charge in [-0.2, -0.15) is 0 Å². The van der Waals surface area contributed by atoms with E-state index in [-0.39, 0.29) is 24.0 Å². The predicted molar refractivity (Wildman–Crippen MR) is 58.6 cm³/mol. The molecule has 1 N–H and O–H groups in total. The van der Waals surface area contributed by atoms with Crippen molar-refractivity contribution in [1.29, 1.82) is 0 Å². The molecule has 0 saturated heterocycles. The summed E-state index contributed by atoms with van der Waals surface area (Å²) in [6.07, 6.45) is 0.612. The van der Waals surface area contributed by atoms with E-state index in [9.17, 15) is 9.59 Å². The number of hydrogen-bond acceptors (Lipinski definition) is 3. The molecule has 0 aromatic carbocycles. The van der Waals surface area contributed by atoms with Gasteiger partial charge in [0.15, 0.2) is 0 Å². The molecule has 0 rings (SSSR count). The van der Waals surface area contributed by atoms with Gasteiger partial charge in [0.1, 0.15) is 5.78 Å². The number of Topliss-reactive ketones (excluding diaryl/α,β-unsaturated/α-hetero) is 1. The van der Waals surface area contributed by atoms with Crippen LogP contribution >= 0.6 is 0 Å². The monoisotopic (exact) mass is 215 g/mol. The summed E-state index contributed by atoms with van der Waals surface area (Å²) < 4.78 is 5.07. The number of ether oxygens (including phenoxy) is 1. The maximum Gasteiger partial charge on any atom is 0.220 e. The van der Waals surface area contributed by atoms with Gasteiger partial charge in [-0.3, -0.25) is 9.59 Å². The van der Waals surface area contributed by atoms with E-state index in [1.807, 2.05) is 20.8 Å². The van der Waals surface area contributed by atoms with Crippen LogP contribution in [0.4, 0.5) is 0 Å². The van der Waals surface area contributed by atoms with Crippen LogP contribution in [0.2, 0.25) is 0 Å². The van der Waals surface area contributed by atoms with Gasteiger partial charge in [0.25, 0.3) is 0 Å². The Hall–Kier alpha value is -0.900. The lowest BCUT2D eigenvalue weighted by Gasteiger charge is -2.06. The average Bonchev–Trinajstić information content (AvgIpc) is 2.20. The molecule has 0 atom stereocenters. The van der Waals surface area contributed by atoms with Crippen molar-refractivity contribution in [1.82, 2.24) is 5.32 Å². The van der Waals surface area contributed by atoms with Crippen molar-refractivity contribution in [3.63, 3.8) is 0 Å². The Morgan fingerprint density at radius 2 is 1.93 bits per heavy atom. The first-order valence-corrected chi connectivity index (χ1v) is 5.45. The normalized spacial score (nSPS) is 10.4. The largest absolute Gasteiger partial charge is 0.380 e.